The van der Waals surface area contributed by atoms with E-state index >= 15 is 0 Å². The molecule has 3 aromatic heterocycles. The molecule has 34 heavy (non-hydrogen) atoms. The summed E-state index contributed by atoms with van der Waals surface area (Å²) in [5.74, 6) is 0.582. The fourth-order valence-electron chi connectivity index (χ4n) is 4.56. The molecule has 0 aliphatic carbocycles. The van der Waals surface area contributed by atoms with Crippen LogP contribution in [0, 0.1) is 0 Å². The molecule has 10 nitrogen and oxygen atoms in total. The van der Waals surface area contributed by atoms with Crippen molar-refractivity contribution in [1.82, 2.24) is 24.5 Å². The highest BCUT2D eigenvalue weighted by atomic mass is 16.4. The molecular weight excluding hydrogens is 436 g/mol. The first-order valence-electron chi connectivity index (χ1n) is 11.2. The van der Waals surface area contributed by atoms with Gasteiger partial charge in [0, 0.05) is 37.8 Å². The van der Waals surface area contributed by atoms with E-state index in [4.69, 9.17) is 4.98 Å². The number of para-hydroxylation sites is 1. The van der Waals surface area contributed by atoms with Crippen LogP contribution in [0.15, 0.2) is 48.7 Å². The van der Waals surface area contributed by atoms with E-state index in [1.54, 1.807) is 29.8 Å². The summed E-state index contributed by atoms with van der Waals surface area (Å²) < 4.78 is 1.80. The van der Waals surface area contributed by atoms with Crippen molar-refractivity contribution in [3.63, 3.8) is 0 Å². The lowest BCUT2D eigenvalue weighted by Crippen LogP contribution is -2.45. The molecule has 0 spiro atoms. The number of nitrogens with zero attached hydrogens (tertiary/aromatic N) is 6. The van der Waals surface area contributed by atoms with Gasteiger partial charge in [-0.1, -0.05) is 18.2 Å². The van der Waals surface area contributed by atoms with Gasteiger partial charge in [0.05, 0.1) is 17.8 Å². The summed E-state index contributed by atoms with van der Waals surface area (Å²) in [5.41, 5.74) is 3.66. The van der Waals surface area contributed by atoms with Gasteiger partial charge in [-0.3, -0.25) is 4.40 Å². The summed E-state index contributed by atoms with van der Waals surface area (Å²) in [7, 11) is 1.63. The van der Waals surface area contributed by atoms with Crippen LogP contribution in [0.1, 0.15) is 24.5 Å². The predicted octanol–water partition coefficient (Wildman–Crippen LogP) is 2.55. The Morgan fingerprint density at radius 3 is 2.71 bits per heavy atom. The highest BCUT2D eigenvalue weighted by Crippen LogP contribution is 2.31. The summed E-state index contributed by atoms with van der Waals surface area (Å²) in [6.07, 6.45) is 1.42. The van der Waals surface area contributed by atoms with Crippen molar-refractivity contribution in [2.75, 3.05) is 31.6 Å². The molecule has 1 saturated heterocycles. The number of aliphatic hydroxyl groups is 2. The second-order valence-electron chi connectivity index (χ2n) is 8.57. The van der Waals surface area contributed by atoms with Crippen molar-refractivity contribution in [1.29, 1.82) is 0 Å². The number of anilines is 1. The molecule has 1 aliphatic rings. The number of hydrogen-bond acceptors (Lipinski definition) is 7. The minimum Gasteiger partial charge on any atom is -0.465 e. The van der Waals surface area contributed by atoms with E-state index in [9.17, 15) is 20.1 Å². The molecule has 0 saturated carbocycles. The molecule has 1 amide bonds. The summed E-state index contributed by atoms with van der Waals surface area (Å²) >= 11 is 0. The first kappa shape index (κ1) is 22.1. The third-order valence-corrected chi connectivity index (χ3v) is 6.57. The van der Waals surface area contributed by atoms with E-state index in [0.29, 0.717) is 22.7 Å². The van der Waals surface area contributed by atoms with Crippen molar-refractivity contribution < 1.29 is 20.1 Å². The van der Waals surface area contributed by atoms with Crippen LogP contribution in [0.25, 0.3) is 28.1 Å². The van der Waals surface area contributed by atoms with E-state index in [1.165, 1.54) is 4.90 Å². The average Bonchev–Trinajstić information content (AvgIpc) is 3.30. The number of aromatic nitrogens is 4. The third kappa shape index (κ3) is 3.91. The quantitative estimate of drug-likeness (QED) is 0.413. The van der Waals surface area contributed by atoms with E-state index in [1.807, 2.05) is 30.3 Å². The zero-order valence-electron chi connectivity index (χ0n) is 18.7. The lowest BCUT2D eigenvalue weighted by Gasteiger charge is -2.37. The standard InChI is InChI=1S/C24H26N6O4/c1-28(24(33)34)17-8-10-29(11-9-17)19-4-2-3-15-5-6-18(25-22(15)19)23-27-26-21-13-16(20(32)14-31)7-12-30(21)23/h2-7,12-13,17,20,31-32H,8-11,14H2,1H3,(H,33,34). The van der Waals surface area contributed by atoms with Crippen LogP contribution in [0.5, 0.6) is 0 Å². The highest BCUT2D eigenvalue weighted by Gasteiger charge is 2.26. The van der Waals surface area contributed by atoms with Gasteiger partial charge in [-0.05, 0) is 42.7 Å². The van der Waals surface area contributed by atoms with Gasteiger partial charge in [0.2, 0.25) is 0 Å². The number of benzene rings is 1. The Balaban J connectivity index is 1.48. The second-order valence-corrected chi connectivity index (χ2v) is 8.57. The fraction of sp³-hybridized carbons (Fsp3) is 0.333. The molecule has 10 heteroatoms. The van der Waals surface area contributed by atoms with Crippen molar-refractivity contribution in [3.8, 4) is 11.5 Å². The Hall–Kier alpha value is -3.76. The predicted molar refractivity (Wildman–Crippen MR) is 127 cm³/mol. The van der Waals surface area contributed by atoms with Gasteiger partial charge in [-0.2, -0.15) is 0 Å². The summed E-state index contributed by atoms with van der Waals surface area (Å²) in [6.45, 7) is 1.13. The first-order valence-corrected chi connectivity index (χ1v) is 11.2. The topological polar surface area (TPSA) is 127 Å². The van der Waals surface area contributed by atoms with Crippen LogP contribution in [-0.2, 0) is 0 Å². The number of aliphatic hydroxyl groups excluding tert-OH is 2. The monoisotopic (exact) mass is 462 g/mol. The molecule has 4 heterocycles. The van der Waals surface area contributed by atoms with E-state index in [0.717, 1.165) is 42.5 Å². The Morgan fingerprint density at radius 1 is 1.18 bits per heavy atom. The molecular formula is C24H26N6O4. The fourth-order valence-corrected chi connectivity index (χ4v) is 4.56. The minimum absolute atomic E-state index is 0.0175. The van der Waals surface area contributed by atoms with E-state index < -0.39 is 12.2 Å². The van der Waals surface area contributed by atoms with Crippen molar-refractivity contribution >= 4 is 28.3 Å². The van der Waals surface area contributed by atoms with Crippen LogP contribution >= 0.6 is 0 Å². The SMILES string of the molecule is CN(C(=O)O)C1CCN(c2cccc3ccc(-c4nnc5cc(C(O)CO)ccn45)nc23)CC1. The molecule has 176 valence electrons. The molecule has 3 N–H and O–H groups in total. The number of rotatable bonds is 5. The van der Waals surface area contributed by atoms with E-state index in [-0.39, 0.29) is 12.6 Å². The van der Waals surface area contributed by atoms with Crippen molar-refractivity contribution in [2.24, 2.45) is 0 Å². The maximum atomic E-state index is 11.3. The number of fused-ring (bicyclic) bond motifs is 2. The van der Waals surface area contributed by atoms with E-state index in [2.05, 4.69) is 15.1 Å². The number of carboxylic acid groups (broad SMARTS) is 1. The summed E-state index contributed by atoms with van der Waals surface area (Å²) in [5, 5.41) is 37.9. The number of piperidine rings is 1. The molecule has 1 aliphatic heterocycles. The molecule has 1 fully saturated rings. The molecule has 0 bridgehead atoms. The number of carbonyl (C=O) groups is 1. The minimum atomic E-state index is -0.967. The molecule has 1 unspecified atom stereocenters. The summed E-state index contributed by atoms with van der Waals surface area (Å²) in [6, 6.07) is 13.4. The lowest BCUT2D eigenvalue weighted by molar-refractivity contribution is 0.0956. The van der Waals surface area contributed by atoms with Gasteiger partial charge in [-0.15, -0.1) is 10.2 Å². The molecule has 5 rings (SSSR count). The van der Waals surface area contributed by atoms with Gasteiger partial charge in [-0.25, -0.2) is 9.78 Å². The zero-order valence-corrected chi connectivity index (χ0v) is 18.7. The lowest BCUT2D eigenvalue weighted by atomic mass is 10.0. The van der Waals surface area contributed by atoms with Gasteiger partial charge in [0.15, 0.2) is 11.5 Å². The van der Waals surface area contributed by atoms with Gasteiger partial charge >= 0.3 is 6.09 Å². The maximum absolute atomic E-state index is 11.3. The number of hydrogen-bond donors (Lipinski definition) is 3. The number of pyridine rings is 2. The van der Waals surface area contributed by atoms with Crippen molar-refractivity contribution in [2.45, 2.75) is 25.0 Å². The zero-order chi connectivity index (χ0) is 23.8. The van der Waals surface area contributed by atoms with Crippen LogP contribution in [0.4, 0.5) is 10.5 Å². The largest absolute Gasteiger partial charge is 0.465 e. The Bertz CT molecular complexity index is 1350. The van der Waals surface area contributed by atoms with Gasteiger partial charge in [0.25, 0.3) is 0 Å². The van der Waals surface area contributed by atoms with Crippen LogP contribution in [0.2, 0.25) is 0 Å². The van der Waals surface area contributed by atoms with Crippen LogP contribution < -0.4 is 4.90 Å². The Labute approximate surface area is 195 Å². The Morgan fingerprint density at radius 2 is 1.97 bits per heavy atom. The molecule has 1 aromatic carbocycles. The smallest absolute Gasteiger partial charge is 0.407 e. The van der Waals surface area contributed by atoms with Gasteiger partial charge in [0.1, 0.15) is 11.8 Å². The summed E-state index contributed by atoms with van der Waals surface area (Å²) in [4.78, 5) is 19.9. The van der Waals surface area contributed by atoms with Crippen LogP contribution in [-0.4, -0.2) is 78.7 Å². The highest BCUT2D eigenvalue weighted by molar-refractivity contribution is 5.92. The molecule has 4 aromatic rings. The maximum Gasteiger partial charge on any atom is 0.407 e. The molecule has 0 radical (unpaired) electrons. The molecule has 1 atom stereocenters. The second kappa shape index (κ2) is 8.88. The average molecular weight is 463 g/mol. The first-order chi connectivity index (χ1) is 16.5. The van der Waals surface area contributed by atoms with Crippen LogP contribution in [0.3, 0.4) is 0 Å². The van der Waals surface area contributed by atoms with Gasteiger partial charge < -0.3 is 25.1 Å². The number of amides is 1. The Kier molecular flexibility index (Phi) is 5.76. The normalized spacial score (nSPS) is 15.7. The van der Waals surface area contributed by atoms with Crippen molar-refractivity contribution in [3.05, 3.63) is 54.2 Å². The third-order valence-electron chi connectivity index (χ3n) is 6.57.